The van der Waals surface area contributed by atoms with E-state index in [0.29, 0.717) is 11.2 Å². The lowest BCUT2D eigenvalue weighted by Crippen LogP contribution is -2.28. The first-order valence-corrected chi connectivity index (χ1v) is 8.83. The van der Waals surface area contributed by atoms with Gasteiger partial charge in [-0.15, -0.1) is 0 Å². The van der Waals surface area contributed by atoms with Gasteiger partial charge in [-0.3, -0.25) is 4.79 Å². The zero-order chi connectivity index (χ0) is 18.4. The molecular formula is C22H17N3O2. The van der Waals surface area contributed by atoms with Crippen molar-refractivity contribution in [2.75, 3.05) is 0 Å². The number of amides is 1. The van der Waals surface area contributed by atoms with Crippen LogP contribution in [0, 0.1) is 0 Å². The minimum Gasteiger partial charge on any atom is -0.392 e. The van der Waals surface area contributed by atoms with E-state index in [4.69, 9.17) is 0 Å². The Bertz CT molecular complexity index is 1180. The Morgan fingerprint density at radius 2 is 1.93 bits per heavy atom. The topological polar surface area (TPSA) is 78.0 Å². The van der Waals surface area contributed by atoms with Crippen molar-refractivity contribution < 1.29 is 9.90 Å². The zero-order valence-corrected chi connectivity index (χ0v) is 14.4. The number of benzene rings is 2. The molecule has 0 spiro atoms. The van der Waals surface area contributed by atoms with Crippen molar-refractivity contribution in [2.24, 2.45) is 0 Å². The Hall–Kier alpha value is -3.44. The SMILES string of the molecule is O=C(N[C@@H]1c2ccccc2-c2c(CO)cccc21)c1ccnc2[nH]ccc12. The molecule has 0 fully saturated rings. The van der Waals surface area contributed by atoms with Gasteiger partial charge in [-0.1, -0.05) is 42.5 Å². The second-order valence-electron chi connectivity index (χ2n) is 6.63. The van der Waals surface area contributed by atoms with E-state index in [-0.39, 0.29) is 18.6 Å². The van der Waals surface area contributed by atoms with Crippen LogP contribution in [0.1, 0.15) is 33.1 Å². The number of hydrogen-bond acceptors (Lipinski definition) is 3. The number of nitrogens with one attached hydrogen (secondary N) is 2. The predicted molar refractivity (Wildman–Crippen MR) is 103 cm³/mol. The number of aliphatic hydroxyl groups excluding tert-OH is 1. The monoisotopic (exact) mass is 355 g/mol. The van der Waals surface area contributed by atoms with Crippen LogP contribution in [-0.2, 0) is 6.61 Å². The first kappa shape index (κ1) is 15.8. The minimum atomic E-state index is -0.252. The van der Waals surface area contributed by atoms with Gasteiger partial charge in [0.1, 0.15) is 5.65 Å². The minimum absolute atomic E-state index is 0.0352. The van der Waals surface area contributed by atoms with Crippen molar-refractivity contribution in [2.45, 2.75) is 12.6 Å². The average molecular weight is 355 g/mol. The lowest BCUT2D eigenvalue weighted by atomic mass is 10.00. The number of aromatic nitrogens is 2. The van der Waals surface area contributed by atoms with Crippen molar-refractivity contribution >= 4 is 16.9 Å². The van der Waals surface area contributed by atoms with Gasteiger partial charge in [0.15, 0.2) is 0 Å². The summed E-state index contributed by atoms with van der Waals surface area (Å²) in [6, 6.07) is 17.2. The molecule has 1 aliphatic rings. The van der Waals surface area contributed by atoms with Crippen molar-refractivity contribution in [3.05, 3.63) is 89.2 Å². The van der Waals surface area contributed by atoms with Crippen LogP contribution in [0.15, 0.2) is 67.0 Å². The van der Waals surface area contributed by atoms with Crippen LogP contribution in [-0.4, -0.2) is 21.0 Å². The third-order valence-corrected chi connectivity index (χ3v) is 5.19. The molecule has 132 valence electrons. The number of aliphatic hydroxyl groups is 1. The molecular weight excluding hydrogens is 338 g/mol. The molecule has 2 aromatic heterocycles. The summed E-state index contributed by atoms with van der Waals surface area (Å²) in [4.78, 5) is 20.4. The summed E-state index contributed by atoms with van der Waals surface area (Å²) < 4.78 is 0. The summed E-state index contributed by atoms with van der Waals surface area (Å²) in [5.41, 5.74) is 6.28. The predicted octanol–water partition coefficient (Wildman–Crippen LogP) is 3.56. The number of carbonyl (C=O) groups excluding carboxylic acids is 1. The van der Waals surface area contributed by atoms with Crippen molar-refractivity contribution in [3.8, 4) is 11.1 Å². The highest BCUT2D eigenvalue weighted by molar-refractivity contribution is 6.06. The van der Waals surface area contributed by atoms with Gasteiger partial charge in [0, 0.05) is 17.8 Å². The maximum Gasteiger partial charge on any atom is 0.252 e. The van der Waals surface area contributed by atoms with Crippen LogP contribution in [0.4, 0.5) is 0 Å². The summed E-state index contributed by atoms with van der Waals surface area (Å²) in [5, 5.41) is 13.7. The number of nitrogens with zero attached hydrogens (tertiary/aromatic N) is 1. The molecule has 3 N–H and O–H groups in total. The highest BCUT2D eigenvalue weighted by Gasteiger charge is 2.31. The van der Waals surface area contributed by atoms with Gasteiger partial charge in [-0.05, 0) is 39.9 Å². The third kappa shape index (κ3) is 2.36. The lowest BCUT2D eigenvalue weighted by molar-refractivity contribution is 0.0945. The Kier molecular flexibility index (Phi) is 3.55. The zero-order valence-electron chi connectivity index (χ0n) is 14.4. The molecule has 5 nitrogen and oxygen atoms in total. The van der Waals surface area contributed by atoms with E-state index in [2.05, 4.69) is 15.3 Å². The second kappa shape index (κ2) is 6.07. The average Bonchev–Trinajstić information content (AvgIpc) is 3.31. The number of pyridine rings is 1. The van der Waals surface area contributed by atoms with E-state index >= 15 is 0 Å². The van der Waals surface area contributed by atoms with E-state index in [9.17, 15) is 9.90 Å². The largest absolute Gasteiger partial charge is 0.392 e. The van der Waals surface area contributed by atoms with Gasteiger partial charge in [0.2, 0.25) is 0 Å². The first-order valence-electron chi connectivity index (χ1n) is 8.83. The van der Waals surface area contributed by atoms with E-state index in [1.165, 1.54) is 0 Å². The molecule has 4 aromatic rings. The van der Waals surface area contributed by atoms with Crippen molar-refractivity contribution in [1.29, 1.82) is 0 Å². The van der Waals surface area contributed by atoms with Gasteiger partial charge in [0.05, 0.1) is 18.2 Å². The molecule has 0 aliphatic heterocycles. The Balaban J connectivity index is 1.60. The van der Waals surface area contributed by atoms with Gasteiger partial charge < -0.3 is 15.4 Å². The Morgan fingerprint density at radius 3 is 2.81 bits per heavy atom. The fourth-order valence-electron chi connectivity index (χ4n) is 3.99. The Labute approximate surface area is 155 Å². The lowest BCUT2D eigenvalue weighted by Gasteiger charge is -2.16. The normalized spacial score (nSPS) is 14.8. The van der Waals surface area contributed by atoms with Crippen molar-refractivity contribution in [1.82, 2.24) is 15.3 Å². The molecule has 0 saturated heterocycles. The molecule has 0 radical (unpaired) electrons. The molecule has 5 rings (SSSR count). The maximum absolute atomic E-state index is 13.1. The second-order valence-corrected chi connectivity index (χ2v) is 6.63. The summed E-state index contributed by atoms with van der Waals surface area (Å²) in [7, 11) is 0. The maximum atomic E-state index is 13.1. The highest BCUT2D eigenvalue weighted by atomic mass is 16.3. The molecule has 5 heteroatoms. The van der Waals surface area contributed by atoms with E-state index in [1.807, 2.05) is 48.5 Å². The number of aromatic amines is 1. The molecule has 2 aromatic carbocycles. The number of carbonyl (C=O) groups is 1. The number of H-pyrrole nitrogens is 1. The van der Waals surface area contributed by atoms with Crippen LogP contribution in [0.2, 0.25) is 0 Å². The van der Waals surface area contributed by atoms with Crippen LogP contribution in [0.25, 0.3) is 22.2 Å². The highest BCUT2D eigenvalue weighted by Crippen LogP contribution is 2.45. The number of hydrogen-bond donors (Lipinski definition) is 3. The Morgan fingerprint density at radius 1 is 1.07 bits per heavy atom. The van der Waals surface area contributed by atoms with E-state index in [0.717, 1.165) is 33.2 Å². The summed E-state index contributed by atoms with van der Waals surface area (Å²) in [6.07, 6.45) is 3.41. The van der Waals surface area contributed by atoms with Crippen molar-refractivity contribution in [3.63, 3.8) is 0 Å². The first-order chi connectivity index (χ1) is 13.3. The number of rotatable bonds is 3. The number of fused-ring (bicyclic) bond motifs is 4. The fraction of sp³-hybridized carbons (Fsp3) is 0.0909. The van der Waals surface area contributed by atoms with Gasteiger partial charge >= 0.3 is 0 Å². The van der Waals surface area contributed by atoms with Gasteiger partial charge in [-0.25, -0.2) is 4.98 Å². The summed E-state index contributed by atoms with van der Waals surface area (Å²) >= 11 is 0. The van der Waals surface area contributed by atoms with E-state index in [1.54, 1.807) is 18.5 Å². The molecule has 27 heavy (non-hydrogen) atoms. The fourth-order valence-corrected chi connectivity index (χ4v) is 3.99. The molecule has 0 unspecified atom stereocenters. The van der Waals surface area contributed by atoms with E-state index < -0.39 is 0 Å². The van der Waals surface area contributed by atoms with Crippen LogP contribution in [0.5, 0.6) is 0 Å². The van der Waals surface area contributed by atoms with Crippen LogP contribution in [0.3, 0.4) is 0 Å². The quantitative estimate of drug-likeness (QED) is 0.526. The molecule has 2 heterocycles. The molecule has 0 saturated carbocycles. The molecule has 1 amide bonds. The third-order valence-electron chi connectivity index (χ3n) is 5.19. The molecule has 0 bridgehead atoms. The van der Waals surface area contributed by atoms with Gasteiger partial charge in [-0.2, -0.15) is 0 Å². The molecule has 1 aliphatic carbocycles. The smallest absolute Gasteiger partial charge is 0.252 e. The summed E-state index contributed by atoms with van der Waals surface area (Å²) in [5.74, 6) is -0.149. The van der Waals surface area contributed by atoms with Crippen LogP contribution < -0.4 is 5.32 Å². The summed E-state index contributed by atoms with van der Waals surface area (Å²) in [6.45, 7) is -0.0352. The van der Waals surface area contributed by atoms with Crippen LogP contribution >= 0.6 is 0 Å². The standard InChI is InChI=1S/C22H17N3O2/c26-12-13-4-3-7-18-19(13)14-5-1-2-6-15(14)20(18)25-22(27)17-9-11-24-21-16(17)8-10-23-21/h1-11,20,26H,12H2,(H,23,24)(H,25,27)/t20-/m1/s1. The van der Waals surface area contributed by atoms with Gasteiger partial charge in [0.25, 0.3) is 5.91 Å². The molecule has 1 atom stereocenters.